The minimum Gasteiger partial charge on any atom is -0.339 e. The number of hydrogen-bond acceptors (Lipinski definition) is 8. The Morgan fingerprint density at radius 1 is 0.943 bits per heavy atom. The number of nitrogens with zero attached hydrogens (tertiary/aromatic N) is 6. The molecule has 0 atom stereocenters. The first kappa shape index (κ1) is 21.9. The number of carbonyl (C=O) groups is 1. The molecule has 0 bridgehead atoms. The van der Waals surface area contributed by atoms with Crippen LogP contribution in [0.1, 0.15) is 40.8 Å². The molecular formula is C25H23ClN6O3. The van der Waals surface area contributed by atoms with Crippen molar-refractivity contribution in [3.63, 3.8) is 0 Å². The van der Waals surface area contributed by atoms with Crippen LogP contribution in [-0.2, 0) is 6.54 Å². The van der Waals surface area contributed by atoms with Gasteiger partial charge in [-0.1, -0.05) is 40.1 Å². The van der Waals surface area contributed by atoms with E-state index >= 15 is 0 Å². The number of piperazine rings is 1. The van der Waals surface area contributed by atoms with Gasteiger partial charge in [-0.25, -0.2) is 0 Å². The lowest BCUT2D eigenvalue weighted by atomic mass is 10.1. The fraction of sp³-hybridized carbons (Fsp3) is 0.320. The number of aromatic nitrogens is 4. The van der Waals surface area contributed by atoms with Crippen LogP contribution >= 0.6 is 11.6 Å². The molecule has 2 aromatic carbocycles. The van der Waals surface area contributed by atoms with Crippen molar-refractivity contribution in [2.24, 2.45) is 0 Å². The second-order valence-corrected chi connectivity index (χ2v) is 9.34. The zero-order chi connectivity index (χ0) is 23.8. The third-order valence-electron chi connectivity index (χ3n) is 6.32. The maximum atomic E-state index is 13.0. The molecule has 1 aliphatic carbocycles. The van der Waals surface area contributed by atoms with E-state index in [-0.39, 0.29) is 5.91 Å². The molecule has 6 rings (SSSR count). The summed E-state index contributed by atoms with van der Waals surface area (Å²) < 4.78 is 10.7. The van der Waals surface area contributed by atoms with Crippen molar-refractivity contribution < 1.29 is 13.8 Å². The van der Waals surface area contributed by atoms with E-state index in [1.165, 1.54) is 0 Å². The lowest BCUT2D eigenvalue weighted by Crippen LogP contribution is -2.48. The van der Waals surface area contributed by atoms with Gasteiger partial charge in [0.1, 0.15) is 0 Å². The van der Waals surface area contributed by atoms with Gasteiger partial charge in [0.15, 0.2) is 5.82 Å². The topological polar surface area (TPSA) is 101 Å². The minimum absolute atomic E-state index is 0.0192. The summed E-state index contributed by atoms with van der Waals surface area (Å²) in [4.78, 5) is 26.1. The fourth-order valence-corrected chi connectivity index (χ4v) is 4.35. The van der Waals surface area contributed by atoms with Crippen LogP contribution in [0, 0.1) is 0 Å². The first-order valence-corrected chi connectivity index (χ1v) is 12.0. The molecule has 0 radical (unpaired) electrons. The van der Waals surface area contributed by atoms with Gasteiger partial charge in [-0.15, -0.1) is 0 Å². The highest BCUT2D eigenvalue weighted by atomic mass is 35.5. The van der Waals surface area contributed by atoms with Gasteiger partial charge >= 0.3 is 0 Å². The quantitative estimate of drug-likeness (QED) is 0.395. The van der Waals surface area contributed by atoms with Crippen LogP contribution in [-0.4, -0.2) is 62.2 Å². The van der Waals surface area contributed by atoms with Crippen LogP contribution in [0.2, 0.25) is 5.02 Å². The molecule has 1 aliphatic heterocycles. The molecule has 1 amide bonds. The first-order chi connectivity index (χ1) is 17.1. The largest absolute Gasteiger partial charge is 0.339 e. The Hall–Kier alpha value is -3.56. The smallest absolute Gasteiger partial charge is 0.258 e. The number of halogens is 1. The molecule has 9 nitrogen and oxygen atoms in total. The van der Waals surface area contributed by atoms with E-state index in [0.717, 1.165) is 37.1 Å². The van der Waals surface area contributed by atoms with E-state index in [1.54, 1.807) is 12.1 Å². The Labute approximate surface area is 206 Å². The number of amides is 1. The van der Waals surface area contributed by atoms with Gasteiger partial charge in [-0.2, -0.15) is 9.97 Å². The van der Waals surface area contributed by atoms with Crippen LogP contribution in [0.25, 0.3) is 22.8 Å². The maximum absolute atomic E-state index is 13.0. The van der Waals surface area contributed by atoms with Crippen molar-refractivity contribution in [3.8, 4) is 22.8 Å². The molecule has 0 spiro atoms. The van der Waals surface area contributed by atoms with Gasteiger partial charge in [0.2, 0.25) is 11.7 Å². The van der Waals surface area contributed by atoms with Gasteiger partial charge in [-0.05, 0) is 43.2 Å². The summed E-state index contributed by atoms with van der Waals surface area (Å²) in [5, 5.41) is 8.79. The molecule has 2 aromatic heterocycles. The molecular weight excluding hydrogens is 468 g/mol. The number of hydrogen-bond donors (Lipinski definition) is 0. The fourth-order valence-electron chi connectivity index (χ4n) is 4.16. The summed E-state index contributed by atoms with van der Waals surface area (Å²) in [5.41, 5.74) is 2.29. The monoisotopic (exact) mass is 490 g/mol. The van der Waals surface area contributed by atoms with Crippen LogP contribution in [0.15, 0.2) is 57.6 Å². The third kappa shape index (κ3) is 4.82. The van der Waals surface area contributed by atoms with Crippen LogP contribution in [0.4, 0.5) is 0 Å². The highest BCUT2D eigenvalue weighted by molar-refractivity contribution is 6.30. The number of carbonyl (C=O) groups excluding carboxylic acids is 1. The molecule has 0 N–H and O–H groups in total. The minimum atomic E-state index is 0.0192. The molecule has 10 heteroatoms. The van der Waals surface area contributed by atoms with Crippen LogP contribution in [0.5, 0.6) is 0 Å². The van der Waals surface area contributed by atoms with E-state index in [1.807, 2.05) is 41.3 Å². The highest BCUT2D eigenvalue weighted by Crippen LogP contribution is 2.39. The van der Waals surface area contributed by atoms with E-state index in [4.69, 9.17) is 20.6 Å². The van der Waals surface area contributed by atoms with Crippen molar-refractivity contribution in [1.82, 2.24) is 30.1 Å². The average molecular weight is 491 g/mol. The van der Waals surface area contributed by atoms with E-state index in [9.17, 15) is 4.79 Å². The average Bonchev–Trinajstić information content (AvgIpc) is 3.43. The van der Waals surface area contributed by atoms with Crippen molar-refractivity contribution in [2.75, 3.05) is 26.2 Å². The maximum Gasteiger partial charge on any atom is 0.258 e. The molecule has 2 fully saturated rings. The Balaban J connectivity index is 1.03. The van der Waals surface area contributed by atoms with E-state index in [2.05, 4.69) is 25.2 Å². The normalized spacial score (nSPS) is 16.5. The predicted octanol–water partition coefficient (Wildman–Crippen LogP) is 4.28. The van der Waals surface area contributed by atoms with Gasteiger partial charge in [-0.3, -0.25) is 9.69 Å². The molecule has 2 aliphatic rings. The van der Waals surface area contributed by atoms with Crippen molar-refractivity contribution in [2.45, 2.75) is 25.3 Å². The second-order valence-electron chi connectivity index (χ2n) is 8.90. The lowest BCUT2D eigenvalue weighted by molar-refractivity contribution is 0.0624. The standard InChI is InChI=1S/C25H23ClN6O3/c26-20-3-1-2-19(14-20)24-27-21(29-34-24)15-31-10-12-32(13-11-31)25(33)18-8-4-16(5-9-18)22-28-23(35-30-22)17-6-7-17/h1-5,8-9,14,17H,6-7,10-13,15H2. The third-order valence-corrected chi connectivity index (χ3v) is 6.56. The Bertz CT molecular complexity index is 1340. The Morgan fingerprint density at radius 2 is 1.74 bits per heavy atom. The van der Waals surface area contributed by atoms with Crippen molar-refractivity contribution in [1.29, 1.82) is 0 Å². The Kier molecular flexibility index (Phi) is 5.79. The summed E-state index contributed by atoms with van der Waals surface area (Å²) in [7, 11) is 0. The summed E-state index contributed by atoms with van der Waals surface area (Å²) >= 11 is 6.05. The highest BCUT2D eigenvalue weighted by Gasteiger charge is 2.30. The molecule has 35 heavy (non-hydrogen) atoms. The zero-order valence-electron chi connectivity index (χ0n) is 18.9. The van der Waals surface area contributed by atoms with E-state index in [0.29, 0.717) is 59.6 Å². The van der Waals surface area contributed by atoms with Gasteiger partial charge < -0.3 is 13.9 Å². The Morgan fingerprint density at radius 3 is 2.49 bits per heavy atom. The van der Waals surface area contributed by atoms with E-state index < -0.39 is 0 Å². The van der Waals surface area contributed by atoms with Gasteiger partial charge in [0.25, 0.3) is 11.8 Å². The molecule has 1 saturated carbocycles. The van der Waals surface area contributed by atoms with Gasteiger partial charge in [0, 0.05) is 53.8 Å². The summed E-state index contributed by atoms with van der Waals surface area (Å²) in [6, 6.07) is 14.7. The molecule has 0 unspecified atom stereocenters. The SMILES string of the molecule is O=C(c1ccc(-c2noc(C3CC3)n2)cc1)N1CCN(Cc2noc(-c3cccc(Cl)c3)n2)CC1. The van der Waals surface area contributed by atoms with Crippen LogP contribution in [0.3, 0.4) is 0 Å². The molecule has 1 saturated heterocycles. The lowest BCUT2D eigenvalue weighted by Gasteiger charge is -2.34. The summed E-state index contributed by atoms with van der Waals surface area (Å²) in [6.07, 6.45) is 2.23. The predicted molar refractivity (Wildman–Crippen MR) is 128 cm³/mol. The van der Waals surface area contributed by atoms with Crippen molar-refractivity contribution >= 4 is 17.5 Å². The van der Waals surface area contributed by atoms with Crippen LogP contribution < -0.4 is 0 Å². The molecule has 178 valence electrons. The number of rotatable bonds is 6. The second kappa shape index (κ2) is 9.24. The molecule has 3 heterocycles. The van der Waals surface area contributed by atoms with Gasteiger partial charge in [0.05, 0.1) is 6.54 Å². The van der Waals surface area contributed by atoms with Crippen molar-refractivity contribution in [3.05, 3.63) is 70.8 Å². The summed E-state index contributed by atoms with van der Waals surface area (Å²) in [5.74, 6) is 2.77. The summed E-state index contributed by atoms with van der Waals surface area (Å²) in [6.45, 7) is 3.30. The zero-order valence-corrected chi connectivity index (χ0v) is 19.7. The molecule has 4 aromatic rings. The number of benzene rings is 2. The first-order valence-electron chi connectivity index (χ1n) is 11.7.